The molecule has 4 aliphatic carbocycles. The molecule has 2 aliphatic heterocycles. The zero-order valence-corrected chi connectivity index (χ0v) is 49.9. The van der Waals surface area contributed by atoms with Gasteiger partial charge in [-0.1, -0.05) is 172 Å². The monoisotopic (exact) mass is 1020 g/mol. The molecular formula is C72H85BN2S. The number of benzene rings is 6. The highest BCUT2D eigenvalue weighted by atomic mass is 32.1. The van der Waals surface area contributed by atoms with Gasteiger partial charge in [-0.15, -0.1) is 11.3 Å². The third-order valence-corrected chi connectivity index (χ3v) is 22.2. The van der Waals surface area contributed by atoms with Crippen molar-refractivity contribution in [2.24, 2.45) is 0 Å². The van der Waals surface area contributed by atoms with Crippen molar-refractivity contribution in [1.82, 2.24) is 0 Å². The van der Waals surface area contributed by atoms with Gasteiger partial charge in [0.1, 0.15) is 0 Å². The summed E-state index contributed by atoms with van der Waals surface area (Å²) in [4.78, 5) is 5.65. The summed E-state index contributed by atoms with van der Waals surface area (Å²) in [5.74, 6) is 0.512. The van der Waals surface area contributed by atoms with Gasteiger partial charge in [-0.25, -0.2) is 0 Å². The van der Waals surface area contributed by atoms with E-state index < -0.39 is 0 Å². The first-order valence-corrected chi connectivity index (χ1v) is 30.5. The zero-order valence-electron chi connectivity index (χ0n) is 49.1. The summed E-state index contributed by atoms with van der Waals surface area (Å²) in [5.41, 5.74) is 26.2. The van der Waals surface area contributed by atoms with Crippen molar-refractivity contribution in [2.45, 2.75) is 218 Å². The molecule has 0 amide bonds. The first-order chi connectivity index (χ1) is 35.8. The minimum atomic E-state index is 0.0332. The fourth-order valence-corrected chi connectivity index (χ4v) is 16.9. The molecule has 1 fully saturated rings. The first kappa shape index (κ1) is 50.4. The molecule has 2 nitrogen and oxygen atoms in total. The van der Waals surface area contributed by atoms with Gasteiger partial charge in [0, 0.05) is 43.2 Å². The first-order valence-electron chi connectivity index (χ1n) is 29.7. The van der Waals surface area contributed by atoms with Crippen LogP contribution in [0.15, 0.2) is 103 Å². The molecule has 0 N–H and O–H groups in total. The second-order valence-corrected chi connectivity index (χ2v) is 31.0. The number of anilines is 6. The number of hydrogen-bond acceptors (Lipinski definition) is 3. The molecule has 1 saturated carbocycles. The van der Waals surface area contributed by atoms with Crippen molar-refractivity contribution in [1.29, 1.82) is 0 Å². The second-order valence-electron chi connectivity index (χ2n) is 30.0. The van der Waals surface area contributed by atoms with E-state index in [-0.39, 0.29) is 44.6 Å². The Hall–Kier alpha value is -5.06. The standard InChI is InChI=1S/C72H85BN2S/c1-66(2,3)47-26-28-48(29-27-47)74-60-36-46(44-22-18-16-19-23-44)37-61-63(60)73(65-64(74)50-39-52-56(43-62(50)76-65)72(14,15)35-31-68(52,6)7)57-40-53-55(71(12,13)34-32-69(53,8)9)42-59(57)75(61)58-41-54-51(67(4,5)30-33-70(54,10)11)38-49(58)45-24-20-17-21-25-45/h17,20-21,24-29,36-44H,16,18-19,22-23,30-35H2,1-15H3. The van der Waals surface area contributed by atoms with Crippen LogP contribution in [-0.2, 0) is 37.9 Å². The zero-order chi connectivity index (χ0) is 53.4. The molecule has 6 aromatic carbocycles. The Balaban J connectivity index is 1.21. The second kappa shape index (κ2) is 16.7. The molecule has 392 valence electrons. The average molecular weight is 1020 g/mol. The van der Waals surface area contributed by atoms with Gasteiger partial charge in [-0.3, -0.25) is 0 Å². The van der Waals surface area contributed by atoms with Gasteiger partial charge in [-0.2, -0.15) is 0 Å². The molecule has 0 bridgehead atoms. The van der Waals surface area contributed by atoms with E-state index >= 15 is 0 Å². The highest BCUT2D eigenvalue weighted by Gasteiger charge is 2.50. The summed E-state index contributed by atoms with van der Waals surface area (Å²) < 4.78 is 2.93. The molecule has 7 aromatic rings. The minimum absolute atomic E-state index is 0.0332. The van der Waals surface area contributed by atoms with E-state index in [0.717, 1.165) is 0 Å². The summed E-state index contributed by atoms with van der Waals surface area (Å²) >= 11 is 2.11. The molecule has 6 aliphatic rings. The van der Waals surface area contributed by atoms with Gasteiger partial charge in [-0.05, 0) is 211 Å². The maximum absolute atomic E-state index is 2.86. The van der Waals surface area contributed by atoms with Gasteiger partial charge < -0.3 is 9.80 Å². The highest BCUT2D eigenvalue weighted by molar-refractivity contribution is 7.33. The molecule has 0 saturated heterocycles. The van der Waals surface area contributed by atoms with Crippen LogP contribution in [0.2, 0.25) is 0 Å². The number of thiophene rings is 1. The van der Waals surface area contributed by atoms with E-state index in [4.69, 9.17) is 0 Å². The predicted molar refractivity (Wildman–Crippen MR) is 332 cm³/mol. The van der Waals surface area contributed by atoms with Crippen molar-refractivity contribution in [2.75, 3.05) is 9.80 Å². The maximum Gasteiger partial charge on any atom is 0.264 e. The van der Waals surface area contributed by atoms with Gasteiger partial charge in [0.25, 0.3) is 6.71 Å². The van der Waals surface area contributed by atoms with E-state index in [1.54, 1.807) is 16.7 Å². The van der Waals surface area contributed by atoms with E-state index in [2.05, 4.69) is 228 Å². The molecule has 0 atom stereocenters. The lowest BCUT2D eigenvalue weighted by Crippen LogP contribution is -2.61. The van der Waals surface area contributed by atoms with E-state index in [1.807, 2.05) is 0 Å². The van der Waals surface area contributed by atoms with Gasteiger partial charge in [0.05, 0.1) is 11.4 Å². The van der Waals surface area contributed by atoms with Crippen LogP contribution in [0.4, 0.5) is 34.1 Å². The van der Waals surface area contributed by atoms with Crippen molar-refractivity contribution in [3.05, 3.63) is 148 Å². The van der Waals surface area contributed by atoms with Crippen LogP contribution in [0.5, 0.6) is 0 Å². The molecular weight excluding hydrogens is 936 g/mol. The summed E-state index contributed by atoms with van der Waals surface area (Å²) in [6, 6.07) is 43.0. The van der Waals surface area contributed by atoms with Crippen LogP contribution >= 0.6 is 11.3 Å². The predicted octanol–water partition coefficient (Wildman–Crippen LogP) is 19.0. The third-order valence-electron chi connectivity index (χ3n) is 21.0. The number of nitrogens with zero attached hydrogens (tertiary/aromatic N) is 2. The molecule has 76 heavy (non-hydrogen) atoms. The molecule has 3 heterocycles. The van der Waals surface area contributed by atoms with E-state index in [1.165, 1.54) is 169 Å². The highest BCUT2D eigenvalue weighted by Crippen LogP contribution is 2.57. The van der Waals surface area contributed by atoms with Crippen LogP contribution in [0.25, 0.3) is 21.2 Å². The van der Waals surface area contributed by atoms with Gasteiger partial charge in [0.15, 0.2) is 0 Å². The lowest BCUT2D eigenvalue weighted by atomic mass is 9.35. The summed E-state index contributed by atoms with van der Waals surface area (Å²) in [6.07, 6.45) is 13.6. The summed E-state index contributed by atoms with van der Waals surface area (Å²) in [5, 5.41) is 1.42. The van der Waals surface area contributed by atoms with Crippen LogP contribution < -0.4 is 25.5 Å². The molecule has 1 aromatic heterocycles. The van der Waals surface area contributed by atoms with Crippen LogP contribution in [0.3, 0.4) is 0 Å². The Labute approximate surface area is 462 Å². The van der Waals surface area contributed by atoms with E-state index in [0.29, 0.717) is 5.92 Å². The normalized spacial score (nSPS) is 21.3. The number of hydrogen-bond donors (Lipinski definition) is 0. The Morgan fingerprint density at radius 3 is 1.53 bits per heavy atom. The van der Waals surface area contributed by atoms with Crippen LogP contribution in [-0.4, -0.2) is 6.71 Å². The largest absolute Gasteiger partial charge is 0.311 e. The summed E-state index contributed by atoms with van der Waals surface area (Å²) in [7, 11) is 0. The van der Waals surface area contributed by atoms with Crippen molar-refractivity contribution in [3.63, 3.8) is 0 Å². The summed E-state index contributed by atoms with van der Waals surface area (Å²) in [6.45, 7) is 37.3. The van der Waals surface area contributed by atoms with E-state index in [9.17, 15) is 0 Å². The lowest BCUT2D eigenvalue weighted by molar-refractivity contribution is 0.332. The average Bonchev–Trinajstić information content (AvgIpc) is 3.76. The minimum Gasteiger partial charge on any atom is -0.311 e. The topological polar surface area (TPSA) is 6.48 Å². The Kier molecular flexibility index (Phi) is 11.1. The molecule has 0 radical (unpaired) electrons. The quantitative estimate of drug-likeness (QED) is 0.162. The SMILES string of the molecule is CC(C)(C)c1ccc(N2c3cc(C4CCCCC4)cc4c3B(c3cc5c(cc3N4c3cc4c(cc3-c3ccccc3)C(C)(C)CCC4(C)C)C(C)(C)CCC5(C)C)c3sc4cc5c(cc4c32)C(C)(C)CCC5(C)C)cc1. The fourth-order valence-electron chi connectivity index (χ4n) is 15.6. The van der Waals surface area contributed by atoms with Crippen molar-refractivity contribution < 1.29 is 0 Å². The van der Waals surface area contributed by atoms with Crippen LogP contribution in [0.1, 0.15) is 225 Å². The van der Waals surface area contributed by atoms with Crippen molar-refractivity contribution >= 4 is 78.0 Å². The van der Waals surface area contributed by atoms with Gasteiger partial charge in [0.2, 0.25) is 0 Å². The Morgan fingerprint density at radius 2 is 0.974 bits per heavy atom. The number of rotatable bonds is 4. The van der Waals surface area contributed by atoms with Crippen molar-refractivity contribution in [3.8, 4) is 11.1 Å². The Morgan fingerprint density at radius 1 is 0.487 bits per heavy atom. The molecule has 0 spiro atoms. The third kappa shape index (κ3) is 7.65. The fraction of sp³-hybridized carbons (Fsp3) is 0.472. The van der Waals surface area contributed by atoms with Crippen LogP contribution in [0, 0.1) is 0 Å². The molecule has 13 rings (SSSR count). The Bertz CT molecular complexity index is 3510. The van der Waals surface area contributed by atoms with Gasteiger partial charge >= 0.3 is 0 Å². The number of fused-ring (bicyclic) bond motifs is 9. The molecule has 4 heteroatoms. The smallest absolute Gasteiger partial charge is 0.264 e. The molecule has 0 unspecified atom stereocenters. The maximum atomic E-state index is 2.86. The lowest BCUT2D eigenvalue weighted by Gasteiger charge is -2.48.